The van der Waals surface area contributed by atoms with Crippen LogP contribution in [-0.2, 0) is 33.7 Å². The highest BCUT2D eigenvalue weighted by atomic mass is 16.5. The number of esters is 1. The average Bonchev–Trinajstić information content (AvgIpc) is 2.75. The number of aryl methyl sites for hydroxylation is 3. The van der Waals surface area contributed by atoms with Gasteiger partial charge in [-0.15, -0.1) is 0 Å². The molecule has 1 heterocycles. The fraction of sp³-hybridized carbons (Fsp3) is 0.304. The van der Waals surface area contributed by atoms with E-state index in [4.69, 9.17) is 4.74 Å². The van der Waals surface area contributed by atoms with Crippen LogP contribution in [0.3, 0.4) is 0 Å². The number of ether oxygens (including phenoxy) is 1. The maximum absolute atomic E-state index is 12.6. The highest BCUT2D eigenvalue weighted by Crippen LogP contribution is 2.22. The molecule has 3 aromatic rings. The number of carbonyl (C=O) groups excluding carboxylic acids is 2. The Balaban J connectivity index is 1.64. The zero-order chi connectivity index (χ0) is 21.7. The molecule has 0 spiro atoms. The van der Waals surface area contributed by atoms with Crippen molar-refractivity contribution in [3.63, 3.8) is 0 Å². The maximum atomic E-state index is 12.6. The lowest BCUT2D eigenvalue weighted by Crippen LogP contribution is -2.28. The fourth-order valence-corrected chi connectivity index (χ4v) is 3.36. The van der Waals surface area contributed by atoms with Crippen molar-refractivity contribution in [2.75, 3.05) is 11.9 Å². The van der Waals surface area contributed by atoms with Crippen molar-refractivity contribution in [1.29, 1.82) is 0 Å². The molecule has 1 aromatic heterocycles. The van der Waals surface area contributed by atoms with Crippen LogP contribution in [0.2, 0.25) is 0 Å². The van der Waals surface area contributed by atoms with Gasteiger partial charge in [-0.25, -0.2) is 4.98 Å². The number of carbonyl (C=O) groups is 2. The smallest absolute Gasteiger partial charge is 0.326 e. The number of rotatable bonds is 7. The van der Waals surface area contributed by atoms with Crippen LogP contribution in [0.4, 0.5) is 5.69 Å². The standard InChI is InChI=1S/C23H25N3O4/c1-4-16-9-7-10-17(5-2)22(16)25-19(27)13-30-20(28)12-26-14-24-21-15(3)8-6-11-18(21)23(26)29/h6-11,14H,4-5,12-13H2,1-3H3,(H,25,27). The minimum atomic E-state index is -0.680. The predicted octanol–water partition coefficient (Wildman–Crippen LogP) is 3.01. The second-order valence-electron chi connectivity index (χ2n) is 7.02. The quantitative estimate of drug-likeness (QED) is 0.608. The summed E-state index contributed by atoms with van der Waals surface area (Å²) in [6, 6.07) is 11.2. The van der Waals surface area contributed by atoms with Crippen molar-refractivity contribution in [3.05, 3.63) is 69.8 Å². The fourth-order valence-electron chi connectivity index (χ4n) is 3.36. The van der Waals surface area contributed by atoms with E-state index in [0.29, 0.717) is 10.9 Å². The summed E-state index contributed by atoms with van der Waals surface area (Å²) >= 11 is 0. The Labute approximate surface area is 174 Å². The van der Waals surface area contributed by atoms with E-state index in [2.05, 4.69) is 10.3 Å². The third kappa shape index (κ3) is 4.56. The van der Waals surface area contributed by atoms with Gasteiger partial charge in [0.15, 0.2) is 6.61 Å². The van der Waals surface area contributed by atoms with Gasteiger partial charge < -0.3 is 10.1 Å². The van der Waals surface area contributed by atoms with Crippen LogP contribution in [0.15, 0.2) is 47.5 Å². The van der Waals surface area contributed by atoms with Crippen molar-refractivity contribution >= 4 is 28.5 Å². The van der Waals surface area contributed by atoms with Gasteiger partial charge in [0.2, 0.25) is 0 Å². The second kappa shape index (κ2) is 9.35. The number of nitrogens with zero attached hydrogens (tertiary/aromatic N) is 2. The molecule has 1 N–H and O–H groups in total. The summed E-state index contributed by atoms with van der Waals surface area (Å²) in [5, 5.41) is 3.28. The van der Waals surface area contributed by atoms with E-state index in [1.807, 2.05) is 45.0 Å². The second-order valence-corrected chi connectivity index (χ2v) is 7.02. The number of hydrogen-bond acceptors (Lipinski definition) is 5. The number of benzene rings is 2. The summed E-state index contributed by atoms with van der Waals surface area (Å²) in [6.07, 6.45) is 2.88. The van der Waals surface area contributed by atoms with Crippen molar-refractivity contribution in [3.8, 4) is 0 Å². The first-order valence-corrected chi connectivity index (χ1v) is 9.95. The van der Waals surface area contributed by atoms with Gasteiger partial charge in [-0.3, -0.25) is 19.0 Å². The Bertz CT molecular complexity index is 1130. The Morgan fingerprint density at radius 3 is 2.40 bits per heavy atom. The average molecular weight is 407 g/mol. The molecule has 30 heavy (non-hydrogen) atoms. The molecule has 3 rings (SSSR count). The van der Waals surface area contributed by atoms with Crippen LogP contribution >= 0.6 is 0 Å². The van der Waals surface area contributed by atoms with Crippen LogP contribution in [-0.4, -0.2) is 28.0 Å². The molecule has 7 nitrogen and oxygen atoms in total. The molecule has 0 bridgehead atoms. The number of nitrogens with one attached hydrogen (secondary N) is 1. The summed E-state index contributed by atoms with van der Waals surface area (Å²) in [7, 11) is 0. The van der Waals surface area contributed by atoms with E-state index < -0.39 is 18.5 Å². The van der Waals surface area contributed by atoms with Gasteiger partial charge in [0.05, 0.1) is 17.2 Å². The van der Waals surface area contributed by atoms with E-state index >= 15 is 0 Å². The number of hydrogen-bond donors (Lipinski definition) is 1. The third-order valence-electron chi connectivity index (χ3n) is 4.98. The van der Waals surface area contributed by atoms with Gasteiger partial charge in [-0.05, 0) is 42.5 Å². The molecule has 1 amide bonds. The first-order chi connectivity index (χ1) is 14.4. The normalized spacial score (nSPS) is 10.8. The van der Waals surface area contributed by atoms with Gasteiger partial charge in [0.1, 0.15) is 6.54 Å². The SMILES string of the molecule is CCc1cccc(CC)c1NC(=O)COC(=O)Cn1cnc2c(C)cccc2c1=O. The van der Waals surface area contributed by atoms with Crippen molar-refractivity contribution < 1.29 is 14.3 Å². The van der Waals surface area contributed by atoms with E-state index in [0.717, 1.165) is 35.2 Å². The Kier molecular flexibility index (Phi) is 6.61. The third-order valence-corrected chi connectivity index (χ3v) is 4.98. The lowest BCUT2D eigenvalue weighted by atomic mass is 10.0. The molecule has 0 saturated heterocycles. The van der Waals surface area contributed by atoms with E-state index in [1.165, 1.54) is 10.9 Å². The minimum absolute atomic E-state index is 0.311. The molecule has 156 valence electrons. The van der Waals surface area contributed by atoms with Crippen LogP contribution in [0.25, 0.3) is 10.9 Å². The molecule has 0 radical (unpaired) electrons. The highest BCUT2D eigenvalue weighted by Gasteiger charge is 2.14. The minimum Gasteiger partial charge on any atom is -0.454 e. The predicted molar refractivity (Wildman–Crippen MR) is 116 cm³/mol. The number of aromatic nitrogens is 2. The zero-order valence-electron chi connectivity index (χ0n) is 17.4. The summed E-state index contributed by atoms with van der Waals surface area (Å²) < 4.78 is 6.26. The Morgan fingerprint density at radius 2 is 1.73 bits per heavy atom. The molecule has 0 saturated carbocycles. The molecular formula is C23H25N3O4. The van der Waals surface area contributed by atoms with Gasteiger partial charge >= 0.3 is 5.97 Å². The summed E-state index contributed by atoms with van der Waals surface area (Å²) in [6.45, 7) is 5.17. The van der Waals surface area contributed by atoms with Crippen LogP contribution < -0.4 is 10.9 Å². The van der Waals surface area contributed by atoms with E-state index in [9.17, 15) is 14.4 Å². The first kappa shape index (κ1) is 21.2. The lowest BCUT2D eigenvalue weighted by Gasteiger charge is -2.14. The molecule has 0 unspecified atom stereocenters. The van der Waals surface area contributed by atoms with E-state index in [1.54, 1.807) is 12.1 Å². The molecule has 2 aromatic carbocycles. The van der Waals surface area contributed by atoms with E-state index in [-0.39, 0.29) is 12.1 Å². The number of para-hydroxylation sites is 2. The van der Waals surface area contributed by atoms with Crippen molar-refractivity contribution in [2.24, 2.45) is 0 Å². The highest BCUT2D eigenvalue weighted by molar-refractivity contribution is 5.94. The number of anilines is 1. The van der Waals surface area contributed by atoms with Crippen molar-refractivity contribution in [2.45, 2.75) is 40.2 Å². The summed E-state index contributed by atoms with van der Waals surface area (Å²) in [5.41, 5.74) is 3.99. The van der Waals surface area contributed by atoms with Crippen LogP contribution in [0, 0.1) is 6.92 Å². The molecular weight excluding hydrogens is 382 g/mol. The van der Waals surface area contributed by atoms with Gasteiger partial charge in [-0.2, -0.15) is 0 Å². The number of amides is 1. The largest absolute Gasteiger partial charge is 0.454 e. The van der Waals surface area contributed by atoms with Crippen LogP contribution in [0.5, 0.6) is 0 Å². The molecule has 0 atom stereocenters. The molecule has 0 fully saturated rings. The molecule has 0 aliphatic heterocycles. The number of fused-ring (bicyclic) bond motifs is 1. The Hall–Kier alpha value is -3.48. The van der Waals surface area contributed by atoms with Crippen LogP contribution in [0.1, 0.15) is 30.5 Å². The molecule has 7 heteroatoms. The summed E-state index contributed by atoms with van der Waals surface area (Å²) in [4.78, 5) is 41.3. The monoisotopic (exact) mass is 407 g/mol. The lowest BCUT2D eigenvalue weighted by molar-refractivity contribution is -0.147. The maximum Gasteiger partial charge on any atom is 0.326 e. The summed E-state index contributed by atoms with van der Waals surface area (Å²) in [5.74, 6) is -1.10. The van der Waals surface area contributed by atoms with Crippen molar-refractivity contribution in [1.82, 2.24) is 9.55 Å². The topological polar surface area (TPSA) is 90.3 Å². The zero-order valence-corrected chi connectivity index (χ0v) is 17.4. The van der Waals surface area contributed by atoms with Gasteiger partial charge in [0, 0.05) is 5.69 Å². The van der Waals surface area contributed by atoms with Gasteiger partial charge in [0.25, 0.3) is 11.5 Å². The van der Waals surface area contributed by atoms with Gasteiger partial charge in [-0.1, -0.05) is 44.2 Å². The molecule has 0 aliphatic carbocycles. The molecule has 0 aliphatic rings. The Morgan fingerprint density at radius 1 is 1.07 bits per heavy atom. The first-order valence-electron chi connectivity index (χ1n) is 9.95.